The largest absolute Gasteiger partial charge is 0.454 e. The van der Waals surface area contributed by atoms with Gasteiger partial charge < -0.3 is 19.3 Å². The number of fused-ring (bicyclic) bond motifs is 1. The van der Waals surface area contributed by atoms with Crippen molar-refractivity contribution in [2.75, 3.05) is 13.3 Å². The van der Waals surface area contributed by atoms with Gasteiger partial charge in [0, 0.05) is 17.5 Å². The minimum Gasteiger partial charge on any atom is -0.454 e. The minimum atomic E-state index is -0.224. The Morgan fingerprint density at radius 3 is 2.83 bits per heavy atom. The van der Waals surface area contributed by atoms with Crippen LogP contribution in [0.2, 0.25) is 0 Å². The third kappa shape index (κ3) is 3.74. The van der Waals surface area contributed by atoms with Crippen molar-refractivity contribution in [2.24, 2.45) is 0 Å². The van der Waals surface area contributed by atoms with Crippen molar-refractivity contribution in [3.8, 4) is 34.5 Å². The molecule has 0 saturated carbocycles. The van der Waals surface area contributed by atoms with Crippen LogP contribution in [0.5, 0.6) is 11.5 Å². The van der Waals surface area contributed by atoms with Crippen molar-refractivity contribution in [3.63, 3.8) is 0 Å². The number of hydrogen-bond acceptors (Lipinski definition) is 8. The Morgan fingerprint density at radius 1 is 1.07 bits per heavy atom. The predicted molar refractivity (Wildman–Crippen MR) is 109 cm³/mol. The zero-order valence-electron chi connectivity index (χ0n) is 15.7. The van der Waals surface area contributed by atoms with Gasteiger partial charge in [0.2, 0.25) is 12.6 Å². The van der Waals surface area contributed by atoms with Crippen molar-refractivity contribution in [1.29, 1.82) is 0 Å². The molecule has 0 bridgehead atoms. The summed E-state index contributed by atoms with van der Waals surface area (Å²) in [7, 11) is 0. The first-order chi connectivity index (χ1) is 14.8. The molecule has 2 aromatic carbocycles. The number of benzene rings is 2. The smallest absolute Gasteiger partial charge is 0.280 e. The van der Waals surface area contributed by atoms with Crippen LogP contribution >= 0.6 is 11.3 Å². The summed E-state index contributed by atoms with van der Waals surface area (Å²) in [5.74, 6) is 1.76. The summed E-state index contributed by atoms with van der Waals surface area (Å²) in [6.45, 7) is 0.734. The molecule has 0 aliphatic carbocycles. The SMILES string of the molecule is O=C(NCCc1ccccc1)c1nc(-c2nc(-c3ccc4c(c3)OCO4)no2)cs1. The first-order valence-electron chi connectivity index (χ1n) is 9.28. The van der Waals surface area contributed by atoms with Crippen LogP contribution in [0.1, 0.15) is 15.4 Å². The Balaban J connectivity index is 1.25. The van der Waals surface area contributed by atoms with Gasteiger partial charge in [0.15, 0.2) is 16.5 Å². The van der Waals surface area contributed by atoms with Crippen LogP contribution in [0.25, 0.3) is 23.0 Å². The summed E-state index contributed by atoms with van der Waals surface area (Å²) in [5, 5.41) is 8.96. The van der Waals surface area contributed by atoms with Crippen molar-refractivity contribution < 1.29 is 18.8 Å². The van der Waals surface area contributed by atoms with E-state index in [1.54, 1.807) is 17.5 Å². The third-order valence-corrected chi connectivity index (χ3v) is 5.36. The Labute approximate surface area is 175 Å². The van der Waals surface area contributed by atoms with E-state index < -0.39 is 0 Å². The minimum absolute atomic E-state index is 0.200. The van der Waals surface area contributed by atoms with Crippen molar-refractivity contribution in [3.05, 3.63) is 64.5 Å². The van der Waals surface area contributed by atoms with E-state index in [-0.39, 0.29) is 18.6 Å². The lowest BCUT2D eigenvalue weighted by atomic mass is 10.1. The normalized spacial score (nSPS) is 12.1. The highest BCUT2D eigenvalue weighted by atomic mass is 32.1. The summed E-state index contributed by atoms with van der Waals surface area (Å²) in [4.78, 5) is 21.1. The average Bonchev–Trinajstić information content (AvgIpc) is 3.54. The predicted octanol–water partition coefficient (Wildman–Crippen LogP) is 3.56. The lowest BCUT2D eigenvalue weighted by Gasteiger charge is -2.02. The van der Waals surface area contributed by atoms with Gasteiger partial charge in [-0.1, -0.05) is 35.5 Å². The van der Waals surface area contributed by atoms with Crippen LogP contribution < -0.4 is 14.8 Å². The highest BCUT2D eigenvalue weighted by Gasteiger charge is 2.19. The van der Waals surface area contributed by atoms with Gasteiger partial charge in [-0.05, 0) is 30.2 Å². The summed E-state index contributed by atoms with van der Waals surface area (Å²) in [6.07, 6.45) is 0.757. The molecule has 1 aliphatic heterocycles. The quantitative estimate of drug-likeness (QED) is 0.509. The molecule has 3 heterocycles. The molecule has 0 atom stereocenters. The van der Waals surface area contributed by atoms with Gasteiger partial charge >= 0.3 is 0 Å². The molecule has 1 aliphatic rings. The van der Waals surface area contributed by atoms with E-state index in [9.17, 15) is 4.79 Å². The number of hydrogen-bond donors (Lipinski definition) is 1. The molecule has 150 valence electrons. The lowest BCUT2D eigenvalue weighted by molar-refractivity contribution is 0.0954. The van der Waals surface area contributed by atoms with Crippen LogP contribution in [0.15, 0.2) is 58.4 Å². The number of rotatable bonds is 6. The molecule has 5 rings (SSSR count). The number of aromatic nitrogens is 3. The van der Waals surface area contributed by atoms with Gasteiger partial charge in [0.05, 0.1) is 0 Å². The Bertz CT molecular complexity index is 1190. The summed E-state index contributed by atoms with van der Waals surface area (Å²) < 4.78 is 16.0. The van der Waals surface area contributed by atoms with Crippen LogP contribution in [0, 0.1) is 0 Å². The molecule has 0 radical (unpaired) electrons. The molecule has 9 heteroatoms. The zero-order valence-corrected chi connectivity index (χ0v) is 16.5. The number of amides is 1. The molecule has 0 saturated heterocycles. The second-order valence-corrected chi connectivity index (χ2v) is 7.38. The Kier molecular flexibility index (Phi) is 4.86. The monoisotopic (exact) mass is 420 g/mol. The maximum absolute atomic E-state index is 12.4. The van der Waals surface area contributed by atoms with Gasteiger partial charge in [-0.3, -0.25) is 4.79 Å². The summed E-state index contributed by atoms with van der Waals surface area (Å²) in [6, 6.07) is 15.4. The topological polar surface area (TPSA) is 99.4 Å². The highest BCUT2D eigenvalue weighted by Crippen LogP contribution is 2.35. The number of carbonyl (C=O) groups is 1. The fraction of sp³-hybridized carbons (Fsp3) is 0.143. The van der Waals surface area contributed by atoms with Crippen molar-refractivity contribution in [2.45, 2.75) is 6.42 Å². The van der Waals surface area contributed by atoms with Crippen LogP contribution in [0.4, 0.5) is 0 Å². The van der Waals surface area contributed by atoms with E-state index in [0.717, 1.165) is 12.0 Å². The van der Waals surface area contributed by atoms with Gasteiger partial charge in [-0.2, -0.15) is 4.98 Å². The molecule has 0 fully saturated rings. The Morgan fingerprint density at radius 2 is 1.93 bits per heavy atom. The molecular formula is C21H16N4O4S. The number of nitrogens with zero attached hydrogens (tertiary/aromatic N) is 3. The standard InChI is InChI=1S/C21H16N4O4S/c26-19(22-9-8-13-4-2-1-3-5-13)21-23-15(11-30-21)20-24-18(25-29-20)14-6-7-16-17(10-14)28-12-27-16/h1-7,10-11H,8-9,12H2,(H,22,26). The Hall–Kier alpha value is -3.72. The average molecular weight is 420 g/mol. The molecule has 1 amide bonds. The van der Waals surface area contributed by atoms with Gasteiger partial charge in [-0.25, -0.2) is 4.98 Å². The molecule has 1 N–H and O–H groups in total. The number of thiazole rings is 1. The van der Waals surface area contributed by atoms with E-state index in [4.69, 9.17) is 14.0 Å². The number of nitrogens with one attached hydrogen (secondary N) is 1. The maximum atomic E-state index is 12.4. The van der Waals surface area contributed by atoms with E-state index >= 15 is 0 Å². The van der Waals surface area contributed by atoms with E-state index in [1.807, 2.05) is 36.4 Å². The van der Waals surface area contributed by atoms with Gasteiger partial charge in [-0.15, -0.1) is 11.3 Å². The fourth-order valence-electron chi connectivity index (χ4n) is 3.00. The zero-order chi connectivity index (χ0) is 20.3. The molecule has 4 aromatic rings. The summed E-state index contributed by atoms with van der Waals surface area (Å²) >= 11 is 1.23. The molecule has 2 aromatic heterocycles. The first kappa shape index (κ1) is 18.3. The van der Waals surface area contributed by atoms with Gasteiger partial charge in [0.1, 0.15) is 5.69 Å². The fourth-order valence-corrected chi connectivity index (χ4v) is 3.70. The molecule has 0 unspecified atom stereocenters. The van der Waals surface area contributed by atoms with E-state index in [0.29, 0.717) is 34.6 Å². The second-order valence-electron chi connectivity index (χ2n) is 6.52. The molecule has 0 spiro atoms. The summed E-state index contributed by atoms with van der Waals surface area (Å²) in [5.41, 5.74) is 2.37. The third-order valence-electron chi connectivity index (χ3n) is 4.52. The van der Waals surface area contributed by atoms with Crippen LogP contribution in [-0.4, -0.2) is 34.4 Å². The van der Waals surface area contributed by atoms with Crippen molar-refractivity contribution >= 4 is 17.2 Å². The molecular weight excluding hydrogens is 404 g/mol. The maximum Gasteiger partial charge on any atom is 0.280 e. The van der Waals surface area contributed by atoms with E-state index in [1.165, 1.54) is 16.9 Å². The highest BCUT2D eigenvalue weighted by molar-refractivity contribution is 7.12. The molecule has 8 nitrogen and oxygen atoms in total. The van der Waals surface area contributed by atoms with E-state index in [2.05, 4.69) is 20.4 Å². The number of carbonyl (C=O) groups excluding carboxylic acids is 1. The first-order valence-corrected chi connectivity index (χ1v) is 10.2. The number of ether oxygens (including phenoxy) is 2. The van der Waals surface area contributed by atoms with Crippen LogP contribution in [0.3, 0.4) is 0 Å². The second kappa shape index (κ2) is 7.96. The van der Waals surface area contributed by atoms with Crippen LogP contribution in [-0.2, 0) is 6.42 Å². The van der Waals surface area contributed by atoms with Crippen molar-refractivity contribution in [1.82, 2.24) is 20.4 Å². The van der Waals surface area contributed by atoms with Gasteiger partial charge in [0.25, 0.3) is 11.8 Å². The molecule has 30 heavy (non-hydrogen) atoms. The lowest BCUT2D eigenvalue weighted by Crippen LogP contribution is -2.25.